The van der Waals surface area contributed by atoms with Gasteiger partial charge in [-0.05, 0) is 23.8 Å². The maximum Gasteiger partial charge on any atom is 0.234 e. The van der Waals surface area contributed by atoms with Crippen molar-refractivity contribution in [2.24, 2.45) is 23.0 Å². The van der Waals surface area contributed by atoms with Crippen LogP contribution in [-0.2, 0) is 4.79 Å². The van der Waals surface area contributed by atoms with Gasteiger partial charge in [-0.3, -0.25) is 4.79 Å². The summed E-state index contributed by atoms with van der Waals surface area (Å²) in [5.41, 5.74) is 5.59. The first-order valence-corrected chi connectivity index (χ1v) is 4.08. The fraction of sp³-hybridized carbons (Fsp3) is 0.875. The second kappa shape index (κ2) is 1.78. The van der Waals surface area contributed by atoms with Crippen molar-refractivity contribution >= 4 is 5.91 Å². The van der Waals surface area contributed by atoms with E-state index in [-0.39, 0.29) is 11.9 Å². The van der Waals surface area contributed by atoms with Crippen molar-refractivity contribution in [3.8, 4) is 0 Å². The topological polar surface area (TPSA) is 55.1 Å². The number of primary amides is 1. The van der Waals surface area contributed by atoms with Gasteiger partial charge >= 0.3 is 0 Å². The van der Waals surface area contributed by atoms with Crippen LogP contribution < -0.4 is 11.1 Å². The lowest BCUT2D eigenvalue weighted by Crippen LogP contribution is -2.41. The molecule has 0 radical (unpaired) electrons. The molecule has 2 aliphatic rings. The van der Waals surface area contributed by atoms with Crippen LogP contribution in [0.1, 0.15) is 13.8 Å². The highest BCUT2D eigenvalue weighted by molar-refractivity contribution is 5.81. The summed E-state index contributed by atoms with van der Waals surface area (Å²) in [6, 6.07) is -0.0602. The second-order valence-corrected chi connectivity index (χ2v) is 4.24. The van der Waals surface area contributed by atoms with Crippen molar-refractivity contribution in [2.75, 3.05) is 6.54 Å². The van der Waals surface area contributed by atoms with Crippen molar-refractivity contribution in [2.45, 2.75) is 19.9 Å². The lowest BCUT2D eigenvalue weighted by Gasteiger charge is -2.15. The highest BCUT2D eigenvalue weighted by Gasteiger charge is 2.65. The van der Waals surface area contributed by atoms with E-state index >= 15 is 0 Å². The van der Waals surface area contributed by atoms with E-state index in [9.17, 15) is 4.79 Å². The normalized spacial score (nSPS) is 45.1. The number of hydrogen-bond donors (Lipinski definition) is 2. The number of nitrogens with two attached hydrogens (primary N) is 1. The zero-order valence-electron chi connectivity index (χ0n) is 6.92. The Morgan fingerprint density at radius 1 is 1.64 bits per heavy atom. The zero-order chi connectivity index (χ0) is 8.22. The molecule has 1 saturated heterocycles. The van der Waals surface area contributed by atoms with Gasteiger partial charge in [0.1, 0.15) is 0 Å². The molecule has 3 unspecified atom stereocenters. The Morgan fingerprint density at radius 2 is 2.27 bits per heavy atom. The summed E-state index contributed by atoms with van der Waals surface area (Å²) in [5.74, 6) is 0.989. The predicted octanol–water partition coefficient (Wildman–Crippen LogP) is -0.284. The van der Waals surface area contributed by atoms with E-state index in [0.29, 0.717) is 17.3 Å². The van der Waals surface area contributed by atoms with Crippen LogP contribution in [0, 0.1) is 17.3 Å². The van der Waals surface area contributed by atoms with Gasteiger partial charge in [0.05, 0.1) is 6.04 Å². The largest absolute Gasteiger partial charge is 0.368 e. The lowest BCUT2D eigenvalue weighted by molar-refractivity contribution is -0.120. The Morgan fingerprint density at radius 3 is 2.55 bits per heavy atom. The summed E-state index contributed by atoms with van der Waals surface area (Å²) >= 11 is 0. The first-order chi connectivity index (χ1) is 5.05. The fourth-order valence-corrected chi connectivity index (χ4v) is 2.50. The van der Waals surface area contributed by atoms with Crippen LogP contribution in [0.4, 0.5) is 0 Å². The van der Waals surface area contributed by atoms with Gasteiger partial charge in [0, 0.05) is 0 Å². The SMILES string of the molecule is CC1(C)C2CNC(C(N)=O)C21. The molecule has 3 atom stereocenters. The van der Waals surface area contributed by atoms with Crippen molar-refractivity contribution in [3.05, 3.63) is 0 Å². The molecule has 0 aromatic heterocycles. The molecule has 3 heteroatoms. The molecular formula is C8H14N2O. The molecule has 1 aliphatic heterocycles. The molecule has 62 valence electrons. The summed E-state index contributed by atoms with van der Waals surface area (Å²) in [5, 5.41) is 3.14. The molecule has 2 fully saturated rings. The third-order valence-electron chi connectivity index (χ3n) is 3.36. The number of fused-ring (bicyclic) bond motifs is 1. The van der Waals surface area contributed by atoms with Crippen LogP contribution in [0.3, 0.4) is 0 Å². The molecule has 1 aliphatic carbocycles. The number of amides is 1. The van der Waals surface area contributed by atoms with Crippen LogP contribution in [0.5, 0.6) is 0 Å². The first-order valence-electron chi connectivity index (χ1n) is 4.08. The van der Waals surface area contributed by atoms with E-state index in [2.05, 4.69) is 19.2 Å². The average Bonchev–Trinajstić information content (AvgIpc) is 2.34. The molecule has 2 rings (SSSR count). The molecular weight excluding hydrogens is 140 g/mol. The predicted molar refractivity (Wildman–Crippen MR) is 41.7 cm³/mol. The van der Waals surface area contributed by atoms with Crippen molar-refractivity contribution in [1.82, 2.24) is 5.32 Å². The molecule has 11 heavy (non-hydrogen) atoms. The van der Waals surface area contributed by atoms with E-state index in [1.165, 1.54) is 0 Å². The zero-order valence-corrected chi connectivity index (χ0v) is 6.92. The Hall–Kier alpha value is -0.570. The minimum Gasteiger partial charge on any atom is -0.368 e. The minimum atomic E-state index is -0.192. The molecule has 1 amide bonds. The van der Waals surface area contributed by atoms with Crippen LogP contribution in [-0.4, -0.2) is 18.5 Å². The molecule has 3 nitrogen and oxygen atoms in total. The minimum absolute atomic E-state index is 0.0602. The maximum absolute atomic E-state index is 10.9. The van der Waals surface area contributed by atoms with Gasteiger partial charge in [-0.1, -0.05) is 13.8 Å². The van der Waals surface area contributed by atoms with Gasteiger partial charge < -0.3 is 11.1 Å². The number of carbonyl (C=O) groups is 1. The third-order valence-corrected chi connectivity index (χ3v) is 3.36. The monoisotopic (exact) mass is 154 g/mol. The Bertz CT molecular complexity index is 212. The summed E-state index contributed by atoms with van der Waals surface area (Å²) in [6.45, 7) is 5.38. The molecule has 0 aromatic rings. The molecule has 1 saturated carbocycles. The van der Waals surface area contributed by atoms with Crippen LogP contribution in [0.25, 0.3) is 0 Å². The highest BCUT2D eigenvalue weighted by atomic mass is 16.1. The first kappa shape index (κ1) is 7.10. The van der Waals surface area contributed by atoms with Crippen LogP contribution in [0.2, 0.25) is 0 Å². The summed E-state index contributed by atoms with van der Waals surface area (Å²) in [4.78, 5) is 10.9. The molecule has 1 heterocycles. The lowest BCUT2D eigenvalue weighted by atomic mass is 10.0. The van der Waals surface area contributed by atoms with Crippen molar-refractivity contribution < 1.29 is 4.79 Å². The number of piperidine rings is 1. The van der Waals surface area contributed by atoms with E-state index in [1.54, 1.807) is 0 Å². The third kappa shape index (κ3) is 0.745. The summed E-state index contributed by atoms with van der Waals surface area (Å²) in [6.07, 6.45) is 0. The molecule has 0 bridgehead atoms. The van der Waals surface area contributed by atoms with Crippen molar-refractivity contribution in [3.63, 3.8) is 0 Å². The quantitative estimate of drug-likeness (QED) is 0.545. The van der Waals surface area contributed by atoms with Gasteiger partial charge in [-0.2, -0.15) is 0 Å². The smallest absolute Gasteiger partial charge is 0.234 e. The Balaban J connectivity index is 2.13. The van der Waals surface area contributed by atoms with Crippen LogP contribution >= 0.6 is 0 Å². The van der Waals surface area contributed by atoms with Crippen molar-refractivity contribution in [1.29, 1.82) is 0 Å². The number of hydrogen-bond acceptors (Lipinski definition) is 2. The van der Waals surface area contributed by atoms with E-state index in [4.69, 9.17) is 5.73 Å². The van der Waals surface area contributed by atoms with E-state index in [1.807, 2.05) is 0 Å². The molecule has 0 spiro atoms. The van der Waals surface area contributed by atoms with Gasteiger partial charge in [0.15, 0.2) is 0 Å². The number of rotatable bonds is 1. The second-order valence-electron chi connectivity index (χ2n) is 4.24. The number of carbonyl (C=O) groups excluding carboxylic acids is 1. The van der Waals surface area contributed by atoms with Gasteiger partial charge in [-0.15, -0.1) is 0 Å². The standard InChI is InChI=1S/C8H14N2O/c1-8(2)4-3-10-6(5(4)8)7(9)11/h4-6,10H,3H2,1-2H3,(H2,9,11). The summed E-state index contributed by atoms with van der Waals surface area (Å²) < 4.78 is 0. The Labute approximate surface area is 66.3 Å². The fourth-order valence-electron chi connectivity index (χ4n) is 2.50. The Kier molecular flexibility index (Phi) is 1.15. The molecule has 3 N–H and O–H groups in total. The summed E-state index contributed by atoms with van der Waals surface area (Å²) in [7, 11) is 0. The maximum atomic E-state index is 10.9. The molecule has 0 aromatic carbocycles. The van der Waals surface area contributed by atoms with Crippen LogP contribution in [0.15, 0.2) is 0 Å². The average molecular weight is 154 g/mol. The van der Waals surface area contributed by atoms with Gasteiger partial charge in [0.25, 0.3) is 0 Å². The van der Waals surface area contributed by atoms with Gasteiger partial charge in [0.2, 0.25) is 5.91 Å². The van der Waals surface area contributed by atoms with E-state index in [0.717, 1.165) is 6.54 Å². The number of nitrogens with one attached hydrogen (secondary N) is 1. The highest BCUT2D eigenvalue weighted by Crippen LogP contribution is 2.62. The van der Waals surface area contributed by atoms with Gasteiger partial charge in [-0.25, -0.2) is 0 Å². The van der Waals surface area contributed by atoms with E-state index < -0.39 is 0 Å².